The Hall–Kier alpha value is -1.04. The van der Waals surface area contributed by atoms with Gasteiger partial charge in [0.05, 0.1) is 11.6 Å². The van der Waals surface area contributed by atoms with E-state index in [9.17, 15) is 4.55 Å². The predicted molar refractivity (Wildman–Crippen MR) is 80.2 cm³/mol. The van der Waals surface area contributed by atoms with Gasteiger partial charge in [0.2, 0.25) is 0 Å². The molecule has 1 aromatic heterocycles. The maximum Gasteiger partial charge on any atom is 0.136 e. The molecule has 0 saturated carbocycles. The molecule has 0 amide bonds. The summed E-state index contributed by atoms with van der Waals surface area (Å²) in [7, 11) is 1.91. The van der Waals surface area contributed by atoms with Gasteiger partial charge in [0.1, 0.15) is 4.75 Å². The number of nitrogens with zero attached hydrogens (tertiary/aromatic N) is 2. The van der Waals surface area contributed by atoms with E-state index >= 15 is 0 Å². The lowest BCUT2D eigenvalue weighted by atomic mass is 10.1. The number of benzene rings is 1. The van der Waals surface area contributed by atoms with Crippen molar-refractivity contribution in [1.29, 1.82) is 0 Å². The lowest BCUT2D eigenvalue weighted by Gasteiger charge is -2.26. The lowest BCUT2D eigenvalue weighted by Crippen LogP contribution is -2.40. The van der Waals surface area contributed by atoms with Crippen LogP contribution in [0.25, 0.3) is 10.9 Å². The van der Waals surface area contributed by atoms with Gasteiger partial charge in [-0.1, -0.05) is 12.1 Å². The molecule has 0 bridgehead atoms. The van der Waals surface area contributed by atoms with E-state index in [1.54, 1.807) is 0 Å². The molecule has 0 aliphatic heterocycles. The van der Waals surface area contributed by atoms with Crippen molar-refractivity contribution in [2.45, 2.75) is 38.5 Å². The zero-order chi connectivity index (χ0) is 14.2. The predicted octanol–water partition coefficient (Wildman–Crippen LogP) is 2.69. The molecular weight excluding hydrogens is 258 g/mol. The van der Waals surface area contributed by atoms with Crippen LogP contribution in [0.15, 0.2) is 24.4 Å². The van der Waals surface area contributed by atoms with Crippen molar-refractivity contribution in [2.24, 2.45) is 7.05 Å². The van der Waals surface area contributed by atoms with Gasteiger partial charge < -0.3 is 4.55 Å². The Labute approximate surface area is 117 Å². The Bertz CT molecular complexity index is 574. The van der Waals surface area contributed by atoms with Gasteiger partial charge in [0, 0.05) is 30.0 Å². The second-order valence-electron chi connectivity index (χ2n) is 5.80. The van der Waals surface area contributed by atoms with Gasteiger partial charge in [-0.05, 0) is 39.3 Å². The summed E-state index contributed by atoms with van der Waals surface area (Å²) in [6, 6.07) is 6.06. The molecule has 0 radical (unpaired) electrons. The Balaban J connectivity index is 2.29. The minimum Gasteiger partial charge on any atom is -0.598 e. The van der Waals surface area contributed by atoms with E-state index in [0.29, 0.717) is 0 Å². The molecule has 0 fully saturated rings. The van der Waals surface area contributed by atoms with Crippen molar-refractivity contribution >= 4 is 22.3 Å². The summed E-state index contributed by atoms with van der Waals surface area (Å²) in [5, 5.41) is 5.50. The molecule has 2 aromatic rings. The highest BCUT2D eigenvalue weighted by Crippen LogP contribution is 2.25. The van der Waals surface area contributed by atoms with Gasteiger partial charge in [-0.15, -0.1) is 4.72 Å². The maximum absolute atomic E-state index is 12.2. The van der Waals surface area contributed by atoms with Crippen molar-refractivity contribution in [3.8, 4) is 0 Å². The summed E-state index contributed by atoms with van der Waals surface area (Å²) in [6.45, 7) is 7.93. The van der Waals surface area contributed by atoms with Gasteiger partial charge in [-0.3, -0.25) is 4.68 Å². The summed E-state index contributed by atoms with van der Waals surface area (Å²) in [6.07, 6.45) is 2.00. The molecule has 0 spiro atoms. The van der Waals surface area contributed by atoms with Crippen LogP contribution < -0.4 is 4.72 Å². The fraction of sp³-hybridized carbons (Fsp3) is 0.500. The first-order valence-electron chi connectivity index (χ1n) is 6.39. The number of fused-ring (bicyclic) bond motifs is 1. The highest BCUT2D eigenvalue weighted by Gasteiger charge is 2.28. The van der Waals surface area contributed by atoms with Gasteiger partial charge in [0.25, 0.3) is 0 Å². The SMILES string of the molecule is CC(N[S+]([O-])C(C)(C)C)c1cccc2nn(C)cc12. The first-order chi connectivity index (χ1) is 8.79. The van der Waals surface area contributed by atoms with Crippen LogP contribution in [0.4, 0.5) is 0 Å². The third-order valence-corrected chi connectivity index (χ3v) is 4.68. The molecule has 104 valence electrons. The first kappa shape index (κ1) is 14.4. The Kier molecular flexibility index (Phi) is 3.90. The van der Waals surface area contributed by atoms with Crippen molar-refractivity contribution in [1.82, 2.24) is 14.5 Å². The average Bonchev–Trinajstić information content (AvgIpc) is 2.67. The fourth-order valence-electron chi connectivity index (χ4n) is 1.96. The van der Waals surface area contributed by atoms with Gasteiger partial charge in [0.15, 0.2) is 0 Å². The van der Waals surface area contributed by atoms with Crippen LogP contribution in [0.5, 0.6) is 0 Å². The molecule has 0 aliphatic carbocycles. The molecule has 1 aromatic carbocycles. The third kappa shape index (κ3) is 3.11. The van der Waals surface area contributed by atoms with Gasteiger partial charge >= 0.3 is 0 Å². The molecule has 0 aliphatic rings. The summed E-state index contributed by atoms with van der Waals surface area (Å²) in [5.41, 5.74) is 2.10. The van der Waals surface area contributed by atoms with Crippen molar-refractivity contribution < 1.29 is 4.55 Å². The minimum atomic E-state index is -1.08. The summed E-state index contributed by atoms with van der Waals surface area (Å²) in [4.78, 5) is 0. The van der Waals surface area contributed by atoms with Crippen LogP contribution in [0.2, 0.25) is 0 Å². The molecule has 1 N–H and O–H groups in total. The van der Waals surface area contributed by atoms with Crippen molar-refractivity contribution in [3.05, 3.63) is 30.0 Å². The van der Waals surface area contributed by atoms with E-state index in [2.05, 4.69) is 15.9 Å². The molecule has 2 unspecified atom stereocenters. The Morgan fingerprint density at radius 3 is 2.68 bits per heavy atom. The van der Waals surface area contributed by atoms with E-state index < -0.39 is 11.4 Å². The lowest BCUT2D eigenvalue weighted by molar-refractivity contribution is 0.532. The number of hydrogen-bond donors (Lipinski definition) is 1. The van der Waals surface area contributed by atoms with E-state index in [1.807, 2.05) is 57.8 Å². The van der Waals surface area contributed by atoms with Crippen LogP contribution in [0, 0.1) is 0 Å². The Morgan fingerprint density at radius 1 is 1.37 bits per heavy atom. The first-order valence-corrected chi connectivity index (χ1v) is 7.54. The van der Waals surface area contributed by atoms with Crippen molar-refractivity contribution in [3.63, 3.8) is 0 Å². The second-order valence-corrected chi connectivity index (χ2v) is 7.80. The molecule has 2 rings (SSSR count). The number of hydrogen-bond acceptors (Lipinski definition) is 3. The molecule has 1 heterocycles. The molecule has 0 saturated heterocycles. The van der Waals surface area contributed by atoms with E-state index in [-0.39, 0.29) is 10.8 Å². The number of aromatic nitrogens is 2. The molecule has 19 heavy (non-hydrogen) atoms. The highest BCUT2D eigenvalue weighted by atomic mass is 32.2. The van der Waals surface area contributed by atoms with E-state index in [0.717, 1.165) is 16.5 Å². The van der Waals surface area contributed by atoms with Crippen LogP contribution >= 0.6 is 0 Å². The topological polar surface area (TPSA) is 52.9 Å². The van der Waals surface area contributed by atoms with Crippen LogP contribution in [-0.2, 0) is 18.4 Å². The van der Waals surface area contributed by atoms with Crippen LogP contribution in [-0.4, -0.2) is 19.1 Å². The van der Waals surface area contributed by atoms with Crippen LogP contribution in [0.3, 0.4) is 0 Å². The minimum absolute atomic E-state index is 0.0213. The second kappa shape index (κ2) is 5.15. The van der Waals surface area contributed by atoms with Gasteiger partial charge in [-0.25, -0.2) is 0 Å². The normalized spacial score (nSPS) is 15.7. The standard InChI is InChI=1S/C14H21N3OS/c1-10(16-19(18)14(2,3)4)11-7-6-8-13-12(11)9-17(5)15-13/h6-10,16H,1-5H3. The maximum atomic E-state index is 12.2. The molecule has 2 atom stereocenters. The van der Waals surface area contributed by atoms with Crippen LogP contribution in [0.1, 0.15) is 39.3 Å². The summed E-state index contributed by atoms with van der Waals surface area (Å²) < 4.78 is 16.9. The zero-order valence-corrected chi connectivity index (χ0v) is 12.9. The monoisotopic (exact) mass is 279 g/mol. The summed E-state index contributed by atoms with van der Waals surface area (Å²) >= 11 is -1.08. The molecule has 4 nitrogen and oxygen atoms in total. The van der Waals surface area contributed by atoms with E-state index in [4.69, 9.17) is 0 Å². The smallest absolute Gasteiger partial charge is 0.136 e. The number of rotatable bonds is 3. The van der Waals surface area contributed by atoms with E-state index in [1.165, 1.54) is 0 Å². The molecule has 5 heteroatoms. The van der Waals surface area contributed by atoms with Gasteiger partial charge in [-0.2, -0.15) is 5.10 Å². The third-order valence-electron chi connectivity index (χ3n) is 3.00. The largest absolute Gasteiger partial charge is 0.598 e. The quantitative estimate of drug-likeness (QED) is 0.879. The average molecular weight is 279 g/mol. The summed E-state index contributed by atoms with van der Waals surface area (Å²) in [5.74, 6) is 0. The molecular formula is C14H21N3OS. The fourth-order valence-corrected chi connectivity index (χ4v) is 2.76. The number of nitrogens with one attached hydrogen (secondary N) is 1. The Morgan fingerprint density at radius 2 is 2.05 bits per heavy atom. The van der Waals surface area contributed by atoms with Crippen molar-refractivity contribution in [2.75, 3.05) is 0 Å². The number of aryl methyl sites for hydroxylation is 1. The zero-order valence-electron chi connectivity index (χ0n) is 12.1. The highest BCUT2D eigenvalue weighted by molar-refractivity contribution is 7.90.